The molecule has 1 aliphatic heterocycles. The van der Waals surface area contributed by atoms with Gasteiger partial charge in [0.05, 0.1) is 11.1 Å². The highest BCUT2D eigenvalue weighted by Gasteiger charge is 2.24. The molecule has 0 saturated carbocycles. The highest BCUT2D eigenvalue weighted by molar-refractivity contribution is 5.84. The molecule has 0 spiro atoms. The summed E-state index contributed by atoms with van der Waals surface area (Å²) in [7, 11) is 0. The predicted molar refractivity (Wildman–Crippen MR) is 61.5 cm³/mol. The first-order valence-corrected chi connectivity index (χ1v) is 5.70. The Hall–Kier alpha value is -1.75. The number of Topliss-reactive ketones (excluding diaryl/α,β-unsaturated/α-hetero) is 1. The fraction of sp³-hybridized carbons (Fsp3) is 0.417. The molecule has 0 aromatic carbocycles. The fourth-order valence-corrected chi connectivity index (χ4v) is 2.24. The summed E-state index contributed by atoms with van der Waals surface area (Å²) in [6.45, 7) is 2.60. The maximum Gasteiger partial charge on any atom is 0.175 e. The van der Waals surface area contributed by atoms with E-state index in [1.165, 1.54) is 0 Å². The van der Waals surface area contributed by atoms with Crippen molar-refractivity contribution in [3.8, 4) is 0 Å². The van der Waals surface area contributed by atoms with Gasteiger partial charge in [0.25, 0.3) is 0 Å². The Labute approximate surface area is 98.2 Å². The molecule has 1 aliphatic rings. The summed E-state index contributed by atoms with van der Waals surface area (Å²) in [6, 6.07) is -0.000185. The first kappa shape index (κ1) is 10.4. The summed E-state index contributed by atoms with van der Waals surface area (Å²) in [4.78, 5) is 15.7. The Morgan fingerprint density at radius 2 is 2.35 bits per heavy atom. The smallest absolute Gasteiger partial charge is 0.175 e. The molecule has 5 heteroatoms. The number of ketones is 1. The lowest BCUT2D eigenvalue weighted by Gasteiger charge is -2.22. The first-order chi connectivity index (χ1) is 8.25. The zero-order valence-electron chi connectivity index (χ0n) is 9.56. The van der Waals surface area contributed by atoms with E-state index in [-0.39, 0.29) is 11.8 Å². The number of aryl methyl sites for hydroxylation is 1. The van der Waals surface area contributed by atoms with Gasteiger partial charge in [0.15, 0.2) is 5.58 Å². The van der Waals surface area contributed by atoms with Crippen LogP contribution >= 0.6 is 0 Å². The Morgan fingerprint density at radius 1 is 1.47 bits per heavy atom. The summed E-state index contributed by atoms with van der Waals surface area (Å²) in [6.07, 6.45) is 4.61. The van der Waals surface area contributed by atoms with E-state index in [0.717, 1.165) is 22.2 Å². The van der Waals surface area contributed by atoms with Crippen molar-refractivity contribution >= 4 is 16.8 Å². The molecular weight excluding hydrogens is 218 g/mol. The molecule has 88 valence electrons. The topological polar surface area (TPSA) is 68.0 Å². The van der Waals surface area contributed by atoms with Crippen LogP contribution in [0.1, 0.15) is 30.1 Å². The van der Waals surface area contributed by atoms with Gasteiger partial charge in [0.2, 0.25) is 0 Å². The normalized spacial score (nSPS) is 21.0. The molecule has 1 saturated heterocycles. The zero-order valence-corrected chi connectivity index (χ0v) is 9.56. The van der Waals surface area contributed by atoms with Crippen LogP contribution in [0.15, 0.2) is 16.9 Å². The summed E-state index contributed by atoms with van der Waals surface area (Å²) >= 11 is 0. The monoisotopic (exact) mass is 231 g/mol. The molecule has 0 bridgehead atoms. The van der Waals surface area contributed by atoms with Crippen LogP contribution in [0.2, 0.25) is 0 Å². The van der Waals surface area contributed by atoms with Gasteiger partial charge in [0.1, 0.15) is 5.78 Å². The minimum atomic E-state index is -0.000185. The molecule has 1 fully saturated rings. The van der Waals surface area contributed by atoms with Crippen LogP contribution < -0.4 is 5.32 Å². The molecule has 2 aromatic rings. The number of carbonyl (C=O) groups is 1. The molecule has 17 heavy (non-hydrogen) atoms. The summed E-state index contributed by atoms with van der Waals surface area (Å²) < 4.78 is 5.33. The van der Waals surface area contributed by atoms with Gasteiger partial charge >= 0.3 is 0 Å². The van der Waals surface area contributed by atoms with Crippen molar-refractivity contribution in [3.05, 3.63) is 23.7 Å². The van der Waals surface area contributed by atoms with Crippen molar-refractivity contribution in [2.45, 2.75) is 25.8 Å². The minimum Gasteiger partial charge on any atom is -0.356 e. The maximum atomic E-state index is 11.5. The Balaban J connectivity index is 2.07. The van der Waals surface area contributed by atoms with Crippen LogP contribution in [0, 0.1) is 6.92 Å². The SMILES string of the molecule is Cc1noc2c(C3CC(=O)CCN3)cncc12. The van der Waals surface area contributed by atoms with Gasteiger partial charge in [0, 0.05) is 43.4 Å². The van der Waals surface area contributed by atoms with Gasteiger partial charge in [-0.2, -0.15) is 0 Å². The number of rotatable bonds is 1. The Bertz CT molecular complexity index is 576. The van der Waals surface area contributed by atoms with E-state index in [0.29, 0.717) is 19.4 Å². The highest BCUT2D eigenvalue weighted by atomic mass is 16.5. The standard InChI is InChI=1S/C12H13N3O2/c1-7-9-5-13-6-10(12(9)17-15-7)11-4-8(16)2-3-14-11/h5-6,11,14H,2-4H2,1H3. The number of carbonyl (C=O) groups excluding carboxylic acids is 1. The number of pyridine rings is 1. The molecule has 5 nitrogen and oxygen atoms in total. The van der Waals surface area contributed by atoms with Crippen LogP contribution in [0.25, 0.3) is 11.0 Å². The molecule has 3 heterocycles. The first-order valence-electron chi connectivity index (χ1n) is 5.70. The minimum absolute atomic E-state index is 0.000185. The highest BCUT2D eigenvalue weighted by Crippen LogP contribution is 2.28. The Morgan fingerprint density at radius 3 is 3.18 bits per heavy atom. The zero-order chi connectivity index (χ0) is 11.8. The van der Waals surface area contributed by atoms with Crippen molar-refractivity contribution in [1.29, 1.82) is 0 Å². The molecular formula is C12H13N3O2. The van der Waals surface area contributed by atoms with E-state index in [9.17, 15) is 4.79 Å². The van der Waals surface area contributed by atoms with Crippen LogP contribution in [-0.2, 0) is 4.79 Å². The number of nitrogens with one attached hydrogen (secondary N) is 1. The van der Waals surface area contributed by atoms with Gasteiger partial charge < -0.3 is 9.84 Å². The number of hydrogen-bond donors (Lipinski definition) is 1. The van der Waals surface area contributed by atoms with Crippen molar-refractivity contribution in [3.63, 3.8) is 0 Å². The summed E-state index contributed by atoms with van der Waals surface area (Å²) in [5, 5.41) is 8.18. The van der Waals surface area contributed by atoms with Gasteiger partial charge in [-0.05, 0) is 6.92 Å². The van der Waals surface area contributed by atoms with E-state index in [2.05, 4.69) is 15.5 Å². The number of hydrogen-bond acceptors (Lipinski definition) is 5. The average molecular weight is 231 g/mol. The van der Waals surface area contributed by atoms with E-state index in [4.69, 9.17) is 4.52 Å². The fourth-order valence-electron chi connectivity index (χ4n) is 2.24. The third kappa shape index (κ3) is 1.72. The van der Waals surface area contributed by atoms with Crippen molar-refractivity contribution in [2.75, 3.05) is 6.54 Å². The summed E-state index contributed by atoms with van der Waals surface area (Å²) in [5.74, 6) is 0.280. The van der Waals surface area contributed by atoms with Gasteiger partial charge in [-0.1, -0.05) is 5.16 Å². The third-order valence-electron chi connectivity index (χ3n) is 3.19. The molecule has 0 radical (unpaired) electrons. The molecule has 0 amide bonds. The largest absolute Gasteiger partial charge is 0.356 e. The molecule has 3 rings (SSSR count). The number of fused-ring (bicyclic) bond motifs is 1. The second-order valence-electron chi connectivity index (χ2n) is 4.37. The predicted octanol–water partition coefficient (Wildman–Crippen LogP) is 1.52. The second kappa shape index (κ2) is 3.92. The number of aromatic nitrogens is 2. The van der Waals surface area contributed by atoms with E-state index >= 15 is 0 Å². The van der Waals surface area contributed by atoms with Crippen LogP contribution in [0.4, 0.5) is 0 Å². The lowest BCUT2D eigenvalue weighted by Crippen LogP contribution is -2.31. The van der Waals surface area contributed by atoms with Gasteiger partial charge in [-0.25, -0.2) is 0 Å². The van der Waals surface area contributed by atoms with Crippen molar-refractivity contribution in [2.24, 2.45) is 0 Å². The maximum absolute atomic E-state index is 11.5. The number of nitrogens with zero attached hydrogens (tertiary/aromatic N) is 2. The van der Waals surface area contributed by atoms with Gasteiger partial charge in [-0.3, -0.25) is 9.78 Å². The van der Waals surface area contributed by atoms with Crippen LogP contribution in [0.5, 0.6) is 0 Å². The van der Waals surface area contributed by atoms with Gasteiger partial charge in [-0.15, -0.1) is 0 Å². The lowest BCUT2D eigenvalue weighted by atomic mass is 9.97. The van der Waals surface area contributed by atoms with Crippen LogP contribution in [0.3, 0.4) is 0 Å². The quantitative estimate of drug-likeness (QED) is 0.806. The third-order valence-corrected chi connectivity index (χ3v) is 3.19. The van der Waals surface area contributed by atoms with E-state index in [1.807, 2.05) is 6.92 Å². The van der Waals surface area contributed by atoms with E-state index < -0.39 is 0 Å². The Kier molecular flexibility index (Phi) is 2.40. The molecule has 1 unspecified atom stereocenters. The van der Waals surface area contributed by atoms with Crippen LogP contribution in [-0.4, -0.2) is 22.5 Å². The molecule has 1 atom stereocenters. The molecule has 0 aliphatic carbocycles. The van der Waals surface area contributed by atoms with E-state index in [1.54, 1.807) is 12.4 Å². The molecule has 2 aromatic heterocycles. The second-order valence-corrected chi connectivity index (χ2v) is 4.37. The average Bonchev–Trinajstić information content (AvgIpc) is 2.71. The molecule has 1 N–H and O–H groups in total. The number of piperidine rings is 1. The van der Waals surface area contributed by atoms with Crippen molar-refractivity contribution in [1.82, 2.24) is 15.5 Å². The van der Waals surface area contributed by atoms with Crippen molar-refractivity contribution < 1.29 is 9.32 Å². The lowest BCUT2D eigenvalue weighted by molar-refractivity contribution is -0.120. The summed E-state index contributed by atoms with van der Waals surface area (Å²) in [5.41, 5.74) is 2.50.